The van der Waals surface area contributed by atoms with Gasteiger partial charge < -0.3 is 47.6 Å². The first kappa shape index (κ1) is 64.3. The number of nitrogens with zero attached hydrogens (tertiary/aromatic N) is 2. The van der Waals surface area contributed by atoms with E-state index < -0.39 is 82.6 Å². The molecule has 4 amide bonds. The summed E-state index contributed by atoms with van der Waals surface area (Å²) < 4.78 is 48.6. The number of hydrogen-bond acceptors (Lipinski definition) is 22. The molecule has 6 aromatic rings. The van der Waals surface area contributed by atoms with Gasteiger partial charge in [0.2, 0.25) is 0 Å². The van der Waals surface area contributed by atoms with E-state index in [0.717, 1.165) is 0 Å². The Morgan fingerprint density at radius 2 is 0.689 bits per heavy atom. The summed E-state index contributed by atoms with van der Waals surface area (Å²) in [5.41, 5.74) is -2.06. The van der Waals surface area contributed by atoms with Crippen molar-refractivity contribution in [1.82, 2.24) is 10.1 Å². The second-order valence-corrected chi connectivity index (χ2v) is 26.3. The normalized spacial score (nSPS) is 15.6. The highest BCUT2D eigenvalue weighted by atomic mass is 79.9. The summed E-state index contributed by atoms with van der Waals surface area (Å²) in [6.45, 7) is 4.88. The Bertz CT molecular complexity index is 4250. The largest absolute Gasteiger partial charge is 0.454 e. The first-order valence-corrected chi connectivity index (χ1v) is 31.9. The van der Waals surface area contributed by atoms with Crippen molar-refractivity contribution in [3.05, 3.63) is 152 Å². The number of carbonyl (C=O) groups is 12. The summed E-state index contributed by atoms with van der Waals surface area (Å²) in [4.78, 5) is 159. The van der Waals surface area contributed by atoms with E-state index >= 15 is 0 Å². The number of halogens is 8. The van der Waals surface area contributed by atoms with E-state index in [0.29, 0.717) is 35.8 Å². The number of rotatable bonds is 8. The van der Waals surface area contributed by atoms with Crippen molar-refractivity contribution in [2.75, 3.05) is 0 Å². The summed E-state index contributed by atoms with van der Waals surface area (Å²) in [5, 5.41) is 0.827. The predicted molar refractivity (Wildman–Crippen MR) is 329 cm³/mol. The fourth-order valence-corrected chi connectivity index (χ4v) is 15.9. The lowest BCUT2D eigenvalue weighted by molar-refractivity contribution is -0.173. The Morgan fingerprint density at radius 1 is 0.389 bits per heavy atom. The van der Waals surface area contributed by atoms with Crippen LogP contribution in [0, 0.1) is 0 Å². The highest BCUT2D eigenvalue weighted by molar-refractivity contribution is 9.12. The molecule has 0 bridgehead atoms. The molecule has 0 unspecified atom stereocenters. The SMILES string of the molecule is CC(=O)Oc1c(Br)cc2c(c1Br)Oc1c(cc(Br)c(OC(C)=O)c1Br)C21OC(=O)c2cc(C(=O)ON3C(=O)CCC3=O)ccc21.CC(=O)Oc1c(Br)cc2c(c1Br)Oc1c(cc(Br)c(OC(C)=O)c1Br)C21OC(=O)c2ccc(C(=O)ON3C(=O)CCC3=O)cc21. The minimum absolute atomic E-state index is 0.0186. The van der Waals surface area contributed by atoms with Crippen LogP contribution in [0.25, 0.3) is 0 Å². The van der Waals surface area contributed by atoms with Crippen LogP contribution < -0.4 is 28.4 Å². The van der Waals surface area contributed by atoms with Crippen LogP contribution >= 0.6 is 127 Å². The minimum Gasteiger partial charge on any atom is -0.454 e. The van der Waals surface area contributed by atoms with Gasteiger partial charge in [0.05, 0.1) is 62.4 Å². The standard InChI is InChI=1S/2C29H15Br4NO11/c1-10(35)41-25-17(30)8-15-23(21(25)32)43-24-16(9-18(31)26(22(24)33)42-11(2)36)29(15)14-4-3-12(7-13(14)28(40)44-29)27(39)45-34-19(37)5-6-20(34)38;1-10(35)41-25-17(30)8-15-23(21(25)32)43-24-16(9-18(31)26(22(24)33)42-11(2)36)29(15)14-7-12(3-4-13(14)28(40)44-29)27(39)45-34-19(37)5-6-20(34)38/h2*3-4,7-9H,5-6H2,1-2H3. The fourth-order valence-electron chi connectivity index (χ4n) is 10.4. The fraction of sp³-hybridized carbons (Fsp3) is 0.172. The van der Waals surface area contributed by atoms with Gasteiger partial charge in [-0.2, -0.15) is 0 Å². The van der Waals surface area contributed by atoms with Crippen molar-refractivity contribution >= 4 is 199 Å². The molecule has 0 aromatic heterocycles. The van der Waals surface area contributed by atoms with E-state index in [9.17, 15) is 57.5 Å². The number of ether oxygens (including phenoxy) is 8. The van der Waals surface area contributed by atoms with Crippen LogP contribution in [0.4, 0.5) is 0 Å². The number of hydrogen-bond donors (Lipinski definition) is 0. The molecule has 32 heteroatoms. The Labute approximate surface area is 571 Å². The maximum atomic E-state index is 13.6. The van der Waals surface area contributed by atoms with Gasteiger partial charge in [0.15, 0.2) is 57.2 Å². The predicted octanol–water partition coefficient (Wildman–Crippen LogP) is 12.8. The highest BCUT2D eigenvalue weighted by Crippen LogP contribution is 2.65. The van der Waals surface area contributed by atoms with E-state index in [1.807, 2.05) is 0 Å². The maximum absolute atomic E-state index is 13.6. The van der Waals surface area contributed by atoms with Crippen LogP contribution in [-0.2, 0) is 68.7 Å². The lowest BCUT2D eigenvalue weighted by Crippen LogP contribution is -2.34. The Morgan fingerprint density at radius 3 is 1.02 bits per heavy atom. The summed E-state index contributed by atoms with van der Waals surface area (Å²) >= 11 is 27.5. The molecule has 2 saturated heterocycles. The maximum Gasteiger partial charge on any atom is 0.363 e. The van der Waals surface area contributed by atoms with E-state index in [1.165, 1.54) is 76.2 Å². The van der Waals surface area contributed by atoms with Crippen molar-refractivity contribution < 1.29 is 105 Å². The number of esters is 6. The average molecular weight is 1750 g/mol. The number of amides is 4. The van der Waals surface area contributed by atoms with E-state index in [1.54, 1.807) is 12.1 Å². The molecule has 6 aliphatic heterocycles. The molecular formula is C58H30Br8N2O22. The molecule has 6 aliphatic rings. The first-order chi connectivity index (χ1) is 42.5. The molecule has 24 nitrogen and oxygen atoms in total. The molecule has 6 heterocycles. The number of fused-ring (bicyclic) bond motifs is 12. The zero-order valence-electron chi connectivity index (χ0n) is 45.5. The highest BCUT2D eigenvalue weighted by Gasteiger charge is 2.58. The van der Waals surface area contributed by atoms with Gasteiger partial charge in [0.1, 0.15) is 17.9 Å². The van der Waals surface area contributed by atoms with Crippen LogP contribution in [0.3, 0.4) is 0 Å². The molecule has 0 atom stereocenters. The van der Waals surface area contributed by atoms with Gasteiger partial charge in [-0.1, -0.05) is 6.07 Å². The number of benzene rings is 6. The van der Waals surface area contributed by atoms with Gasteiger partial charge in [0.25, 0.3) is 23.6 Å². The van der Waals surface area contributed by atoms with Gasteiger partial charge in [-0.05, 0) is 182 Å². The van der Waals surface area contributed by atoms with Gasteiger partial charge in [0, 0.05) is 64.5 Å². The molecule has 2 spiro atoms. The lowest BCUT2D eigenvalue weighted by atomic mass is 9.77. The van der Waals surface area contributed by atoms with Gasteiger partial charge in [-0.15, -0.1) is 10.1 Å². The van der Waals surface area contributed by atoms with Crippen LogP contribution in [-0.4, -0.2) is 81.5 Å². The topological polar surface area (TPSA) is 304 Å². The molecule has 0 saturated carbocycles. The third kappa shape index (κ3) is 10.7. The number of hydroxylamine groups is 4. The Balaban J connectivity index is 0.000000185. The molecule has 0 N–H and O–H groups in total. The van der Waals surface area contributed by atoms with Crippen LogP contribution in [0.1, 0.15) is 128 Å². The second-order valence-electron chi connectivity index (χ2n) is 19.7. The molecule has 0 aliphatic carbocycles. The monoisotopic (exact) mass is 1740 g/mol. The quantitative estimate of drug-likeness (QED) is 0.0776. The summed E-state index contributed by atoms with van der Waals surface area (Å²) in [7, 11) is 0. The zero-order valence-corrected chi connectivity index (χ0v) is 58.2. The van der Waals surface area contributed by atoms with Crippen molar-refractivity contribution in [3.63, 3.8) is 0 Å². The average Bonchev–Trinajstić information content (AvgIpc) is 1.06. The molecule has 0 radical (unpaired) electrons. The second kappa shape index (κ2) is 24.1. The molecule has 6 aromatic carbocycles. The molecule has 2 fully saturated rings. The zero-order chi connectivity index (χ0) is 65.1. The van der Waals surface area contributed by atoms with E-state index in [4.69, 9.17) is 47.6 Å². The smallest absolute Gasteiger partial charge is 0.363 e. The van der Waals surface area contributed by atoms with Gasteiger partial charge >= 0.3 is 47.8 Å². The van der Waals surface area contributed by atoms with Crippen molar-refractivity contribution in [2.24, 2.45) is 0 Å². The molecule has 12 rings (SSSR count). The number of carbonyl (C=O) groups excluding carboxylic acids is 12. The summed E-state index contributed by atoms with van der Waals surface area (Å²) in [6.07, 6.45) is -0.345. The molecular weight excluding hydrogens is 1720 g/mol. The Hall–Kier alpha value is -7.20. The van der Waals surface area contributed by atoms with Crippen molar-refractivity contribution in [1.29, 1.82) is 0 Å². The van der Waals surface area contributed by atoms with Crippen molar-refractivity contribution in [3.8, 4) is 46.0 Å². The molecule has 460 valence electrons. The third-order valence-electron chi connectivity index (χ3n) is 14.0. The third-order valence-corrected chi connectivity index (χ3v) is 19.2. The van der Waals surface area contributed by atoms with E-state index in [2.05, 4.69) is 127 Å². The van der Waals surface area contributed by atoms with Gasteiger partial charge in [-0.3, -0.25) is 38.4 Å². The summed E-state index contributed by atoms with van der Waals surface area (Å²) in [6, 6.07) is 14.3. The minimum atomic E-state index is -1.80. The Kier molecular flexibility index (Phi) is 17.2. The summed E-state index contributed by atoms with van der Waals surface area (Å²) in [5.74, 6) is -8.08. The van der Waals surface area contributed by atoms with E-state index in [-0.39, 0.29) is 137 Å². The van der Waals surface area contributed by atoms with Crippen LogP contribution in [0.5, 0.6) is 46.0 Å². The first-order valence-electron chi connectivity index (χ1n) is 25.6. The van der Waals surface area contributed by atoms with Crippen LogP contribution in [0.15, 0.2) is 96.4 Å². The van der Waals surface area contributed by atoms with Crippen LogP contribution in [0.2, 0.25) is 0 Å². The molecule has 90 heavy (non-hydrogen) atoms. The van der Waals surface area contributed by atoms with Crippen molar-refractivity contribution in [2.45, 2.75) is 64.6 Å². The van der Waals surface area contributed by atoms with Gasteiger partial charge in [-0.25, -0.2) is 19.2 Å². The number of imide groups is 2. The lowest BCUT2D eigenvalue weighted by Gasteiger charge is -2.38.